The van der Waals surface area contributed by atoms with Crippen molar-refractivity contribution in [1.29, 1.82) is 0 Å². The normalized spacial score (nSPS) is 40.2. The highest BCUT2D eigenvalue weighted by molar-refractivity contribution is 5.06. The minimum absolute atomic E-state index is 0.422. The largest absolute Gasteiger partial charge is 0.337 e. The van der Waals surface area contributed by atoms with E-state index < -0.39 is 0 Å². The van der Waals surface area contributed by atoms with Crippen LogP contribution < -0.4 is 5.32 Å². The number of aromatic nitrogens is 2. The lowest BCUT2D eigenvalue weighted by molar-refractivity contribution is -0.0624. The number of aryl methyl sites for hydroxylation is 1. The van der Waals surface area contributed by atoms with Gasteiger partial charge in [0.1, 0.15) is 5.82 Å². The van der Waals surface area contributed by atoms with E-state index in [1.54, 1.807) is 0 Å². The Kier molecular flexibility index (Phi) is 2.95. The Labute approximate surface area is 122 Å². The summed E-state index contributed by atoms with van der Waals surface area (Å²) in [6.07, 6.45) is 14.4. The van der Waals surface area contributed by atoms with E-state index in [0.29, 0.717) is 11.5 Å². The van der Waals surface area contributed by atoms with Gasteiger partial charge < -0.3 is 9.88 Å². The van der Waals surface area contributed by atoms with E-state index in [4.69, 9.17) is 0 Å². The second kappa shape index (κ2) is 4.59. The van der Waals surface area contributed by atoms with Gasteiger partial charge in [0.2, 0.25) is 0 Å². The predicted molar refractivity (Wildman–Crippen MR) is 80.2 cm³/mol. The summed E-state index contributed by atoms with van der Waals surface area (Å²) >= 11 is 0. The van der Waals surface area contributed by atoms with E-state index in [-0.39, 0.29) is 0 Å². The maximum Gasteiger partial charge on any atom is 0.125 e. The third-order valence-corrected chi connectivity index (χ3v) is 6.32. The first-order chi connectivity index (χ1) is 9.67. The van der Waals surface area contributed by atoms with Crippen molar-refractivity contribution in [2.24, 2.45) is 30.2 Å². The number of nitrogens with zero attached hydrogens (tertiary/aromatic N) is 2. The molecule has 20 heavy (non-hydrogen) atoms. The fourth-order valence-electron chi connectivity index (χ4n) is 6.01. The first-order valence-electron chi connectivity index (χ1n) is 8.32. The van der Waals surface area contributed by atoms with Crippen LogP contribution in [0, 0.1) is 23.2 Å². The Morgan fingerprint density at radius 3 is 2.30 bits per heavy atom. The van der Waals surface area contributed by atoms with E-state index in [1.807, 2.05) is 6.20 Å². The van der Waals surface area contributed by atoms with Crippen molar-refractivity contribution in [3.05, 3.63) is 18.2 Å². The zero-order valence-electron chi connectivity index (χ0n) is 12.8. The molecule has 0 saturated heterocycles. The highest BCUT2D eigenvalue weighted by Crippen LogP contribution is 2.62. The Balaban J connectivity index is 1.57. The van der Waals surface area contributed by atoms with Gasteiger partial charge >= 0.3 is 0 Å². The molecule has 4 fully saturated rings. The van der Waals surface area contributed by atoms with Gasteiger partial charge in [-0.05, 0) is 75.2 Å². The van der Waals surface area contributed by atoms with Crippen molar-refractivity contribution in [2.75, 3.05) is 7.05 Å². The molecule has 1 atom stereocenters. The summed E-state index contributed by atoms with van der Waals surface area (Å²) in [7, 11) is 4.21. The number of nitrogens with one attached hydrogen (secondary N) is 1. The maximum absolute atomic E-state index is 4.59. The first kappa shape index (κ1) is 12.9. The van der Waals surface area contributed by atoms with Crippen LogP contribution in [0.5, 0.6) is 0 Å². The Morgan fingerprint density at radius 1 is 1.25 bits per heavy atom. The molecule has 1 unspecified atom stereocenters. The molecule has 1 heterocycles. The fraction of sp³-hybridized carbons (Fsp3) is 0.824. The molecule has 1 N–H and O–H groups in total. The second-order valence-electron chi connectivity index (χ2n) is 7.86. The van der Waals surface area contributed by atoms with Crippen molar-refractivity contribution in [1.82, 2.24) is 14.9 Å². The van der Waals surface area contributed by atoms with E-state index in [1.165, 1.54) is 50.8 Å². The van der Waals surface area contributed by atoms with Crippen molar-refractivity contribution < 1.29 is 0 Å². The number of hydrogen-bond acceptors (Lipinski definition) is 2. The molecule has 1 aromatic heterocycles. The van der Waals surface area contributed by atoms with Gasteiger partial charge in [-0.2, -0.15) is 0 Å². The van der Waals surface area contributed by atoms with Crippen LogP contribution in [0.4, 0.5) is 0 Å². The monoisotopic (exact) mass is 273 g/mol. The Bertz CT molecular complexity index is 455. The van der Waals surface area contributed by atoms with Gasteiger partial charge in [0.25, 0.3) is 0 Å². The minimum Gasteiger partial charge on any atom is -0.337 e. The number of rotatable bonds is 4. The molecular formula is C17H27N3. The zero-order valence-corrected chi connectivity index (χ0v) is 12.8. The van der Waals surface area contributed by atoms with Gasteiger partial charge in [0, 0.05) is 19.4 Å². The van der Waals surface area contributed by atoms with Crippen LogP contribution in [0.15, 0.2) is 12.4 Å². The third kappa shape index (κ3) is 2.02. The van der Waals surface area contributed by atoms with Crippen molar-refractivity contribution >= 4 is 0 Å². The van der Waals surface area contributed by atoms with E-state index in [2.05, 4.69) is 35.2 Å². The van der Waals surface area contributed by atoms with Crippen molar-refractivity contribution in [3.63, 3.8) is 0 Å². The molecule has 0 aromatic carbocycles. The first-order valence-corrected chi connectivity index (χ1v) is 8.32. The molecular weight excluding hydrogens is 246 g/mol. The summed E-state index contributed by atoms with van der Waals surface area (Å²) in [5.41, 5.74) is 0.619. The van der Waals surface area contributed by atoms with Gasteiger partial charge in [0.15, 0.2) is 0 Å². The van der Waals surface area contributed by atoms with Crippen molar-refractivity contribution in [2.45, 2.75) is 51.0 Å². The van der Waals surface area contributed by atoms with Gasteiger partial charge in [0.05, 0.1) is 6.04 Å². The van der Waals surface area contributed by atoms with Gasteiger partial charge in [-0.3, -0.25) is 0 Å². The van der Waals surface area contributed by atoms with Crippen LogP contribution in [0.1, 0.15) is 56.8 Å². The molecule has 0 amide bonds. The van der Waals surface area contributed by atoms with Gasteiger partial charge in [-0.15, -0.1) is 0 Å². The van der Waals surface area contributed by atoms with E-state index >= 15 is 0 Å². The Hall–Kier alpha value is -0.830. The number of hydrogen-bond donors (Lipinski definition) is 1. The molecule has 4 saturated carbocycles. The van der Waals surface area contributed by atoms with Crippen LogP contribution in [0.3, 0.4) is 0 Å². The Morgan fingerprint density at radius 2 is 1.85 bits per heavy atom. The molecule has 5 rings (SSSR count). The lowest BCUT2D eigenvalue weighted by Crippen LogP contribution is -2.47. The van der Waals surface area contributed by atoms with Crippen molar-refractivity contribution in [3.8, 4) is 0 Å². The highest BCUT2D eigenvalue weighted by Gasteiger charge is 2.51. The number of imidazole rings is 1. The molecule has 110 valence electrons. The minimum atomic E-state index is 0.422. The molecule has 4 bridgehead atoms. The summed E-state index contributed by atoms with van der Waals surface area (Å²) in [5.74, 6) is 4.34. The average molecular weight is 273 g/mol. The summed E-state index contributed by atoms with van der Waals surface area (Å²) in [6, 6.07) is 0.422. The smallest absolute Gasteiger partial charge is 0.125 e. The molecule has 4 aliphatic rings. The van der Waals surface area contributed by atoms with Crippen LogP contribution in [-0.2, 0) is 7.05 Å². The SMILES string of the molecule is CNC(CC12CC3CC(CC(C3)C1)C2)c1nccn1C. The summed E-state index contributed by atoms with van der Waals surface area (Å²) in [4.78, 5) is 4.59. The molecule has 3 nitrogen and oxygen atoms in total. The molecule has 1 aromatic rings. The summed E-state index contributed by atoms with van der Waals surface area (Å²) in [6.45, 7) is 0. The fourth-order valence-corrected chi connectivity index (χ4v) is 6.01. The molecule has 0 spiro atoms. The van der Waals surface area contributed by atoms with E-state index in [0.717, 1.165) is 17.8 Å². The molecule has 0 radical (unpaired) electrons. The van der Waals surface area contributed by atoms with Crippen LogP contribution in [0.2, 0.25) is 0 Å². The summed E-state index contributed by atoms with van der Waals surface area (Å²) in [5, 5.41) is 3.54. The quantitative estimate of drug-likeness (QED) is 0.912. The lowest BCUT2D eigenvalue weighted by atomic mass is 9.48. The van der Waals surface area contributed by atoms with Crippen LogP contribution in [-0.4, -0.2) is 16.6 Å². The summed E-state index contributed by atoms with van der Waals surface area (Å²) < 4.78 is 2.18. The van der Waals surface area contributed by atoms with Gasteiger partial charge in [-0.1, -0.05) is 0 Å². The van der Waals surface area contributed by atoms with Crippen LogP contribution >= 0.6 is 0 Å². The molecule has 0 aliphatic heterocycles. The van der Waals surface area contributed by atoms with Gasteiger partial charge in [-0.25, -0.2) is 4.98 Å². The average Bonchev–Trinajstić information content (AvgIpc) is 2.80. The zero-order chi connectivity index (χ0) is 13.7. The second-order valence-corrected chi connectivity index (χ2v) is 7.86. The predicted octanol–water partition coefficient (Wildman–Crippen LogP) is 3.29. The highest BCUT2D eigenvalue weighted by atomic mass is 15.1. The molecule has 4 aliphatic carbocycles. The third-order valence-electron chi connectivity index (χ3n) is 6.32. The molecule has 3 heteroatoms. The van der Waals surface area contributed by atoms with E-state index in [9.17, 15) is 0 Å². The topological polar surface area (TPSA) is 29.9 Å². The lowest BCUT2D eigenvalue weighted by Gasteiger charge is -2.57. The maximum atomic E-state index is 4.59. The van der Waals surface area contributed by atoms with Crippen LogP contribution in [0.25, 0.3) is 0 Å². The standard InChI is InChI=1S/C17H27N3/c1-18-15(16-19-3-4-20(16)2)11-17-8-12-5-13(9-17)7-14(6-12)10-17/h3-4,12-15,18H,5-11H2,1-2H3.